The lowest BCUT2D eigenvalue weighted by molar-refractivity contribution is -0.127. The smallest absolute Gasteiger partial charge is 0.312 e. The summed E-state index contributed by atoms with van der Waals surface area (Å²) >= 11 is 1.60. The maximum absolute atomic E-state index is 11.9. The Morgan fingerprint density at radius 3 is 2.76 bits per heavy atom. The van der Waals surface area contributed by atoms with E-state index in [1.165, 1.54) is 0 Å². The number of thiazole rings is 1. The van der Waals surface area contributed by atoms with Crippen LogP contribution in [0, 0.1) is 12.8 Å². The van der Waals surface area contributed by atoms with Gasteiger partial charge in [0.05, 0.1) is 28.4 Å². The Labute approximate surface area is 196 Å². The fourth-order valence-electron chi connectivity index (χ4n) is 4.04. The summed E-state index contributed by atoms with van der Waals surface area (Å²) in [6.45, 7) is 2.31. The molecule has 170 valence electrons. The number of benzene rings is 1. The average molecular weight is 463 g/mol. The lowest BCUT2D eigenvalue weighted by atomic mass is 10.1. The van der Waals surface area contributed by atoms with E-state index in [0.717, 1.165) is 38.5 Å². The van der Waals surface area contributed by atoms with E-state index in [1.54, 1.807) is 36.5 Å². The molecular weight excluding hydrogens is 436 g/mol. The Bertz CT molecular complexity index is 1270. The molecule has 3 atom stereocenters. The molecule has 2 aliphatic rings. The van der Waals surface area contributed by atoms with Gasteiger partial charge in [-0.1, -0.05) is 24.3 Å². The lowest BCUT2D eigenvalue weighted by Gasteiger charge is -2.21. The van der Waals surface area contributed by atoms with Crippen LogP contribution in [-0.4, -0.2) is 52.6 Å². The van der Waals surface area contributed by atoms with Gasteiger partial charge < -0.3 is 15.4 Å². The minimum absolute atomic E-state index is 0.0741. The predicted molar refractivity (Wildman–Crippen MR) is 129 cm³/mol. The van der Waals surface area contributed by atoms with Crippen molar-refractivity contribution in [3.05, 3.63) is 58.4 Å². The quantitative estimate of drug-likeness (QED) is 0.606. The first-order valence-electron chi connectivity index (χ1n) is 10.9. The highest BCUT2D eigenvalue weighted by molar-refractivity contribution is 7.18. The number of pyridine rings is 1. The number of nitrogens with two attached hydrogens (primary N) is 1. The highest BCUT2D eigenvalue weighted by Gasteiger charge is 2.61. The second-order valence-corrected chi connectivity index (χ2v) is 9.88. The molecule has 0 bridgehead atoms. The van der Waals surface area contributed by atoms with E-state index in [0.29, 0.717) is 19.0 Å². The summed E-state index contributed by atoms with van der Waals surface area (Å²) in [6.07, 6.45) is 4.92. The highest BCUT2D eigenvalue weighted by atomic mass is 32.1. The number of nitrogens with zero attached hydrogens (tertiary/aromatic N) is 5. The van der Waals surface area contributed by atoms with E-state index in [4.69, 9.17) is 20.4 Å². The zero-order valence-electron chi connectivity index (χ0n) is 18.9. The van der Waals surface area contributed by atoms with Gasteiger partial charge in [-0.25, -0.2) is 15.0 Å². The molecule has 0 spiro atoms. The molecule has 8 nitrogen and oxygen atoms in total. The summed E-state index contributed by atoms with van der Waals surface area (Å²) in [4.78, 5) is 31.8. The third-order valence-electron chi connectivity index (χ3n) is 6.25. The van der Waals surface area contributed by atoms with Crippen molar-refractivity contribution < 1.29 is 9.53 Å². The number of amides is 1. The number of carbonyl (C=O) groups excluding carboxylic acids is 1. The minimum atomic E-state index is -0.442. The number of aryl methyl sites for hydroxylation is 1. The molecule has 0 radical (unpaired) electrons. The molecule has 1 amide bonds. The molecular formula is C24H26N6O2S. The van der Waals surface area contributed by atoms with Crippen LogP contribution in [0.4, 0.5) is 0 Å². The van der Waals surface area contributed by atoms with Gasteiger partial charge in [0.25, 0.3) is 0 Å². The third-order valence-corrected chi connectivity index (χ3v) is 7.36. The van der Waals surface area contributed by atoms with E-state index in [2.05, 4.69) is 9.98 Å². The van der Waals surface area contributed by atoms with Crippen LogP contribution in [0.1, 0.15) is 34.3 Å². The summed E-state index contributed by atoms with van der Waals surface area (Å²) in [5.41, 5.74) is 10.0. The van der Waals surface area contributed by atoms with E-state index in [1.807, 2.05) is 43.5 Å². The molecule has 1 aromatic carbocycles. The topological polar surface area (TPSA) is 106 Å². The summed E-state index contributed by atoms with van der Waals surface area (Å²) in [5.74, 6) is 0.282. The van der Waals surface area contributed by atoms with Gasteiger partial charge in [0.2, 0.25) is 5.91 Å². The molecule has 2 aromatic heterocycles. The standard InChI is InChI=1S/C24H26N6O2S/c1-14-20-18(8-9-26-14)33-22(28-20)21(25)24-11-17(24)12-27-23(29-24)32-13-16-6-4-15(5-7-16)10-19(31)30(2)3/h4-9,12,17,21H,10-11,13,25H2,1-3H3. The first-order chi connectivity index (χ1) is 15.9. The van der Waals surface area contributed by atoms with Gasteiger partial charge in [-0.15, -0.1) is 11.3 Å². The molecule has 2 N–H and O–H groups in total. The molecule has 1 saturated carbocycles. The number of aromatic nitrogens is 2. The Morgan fingerprint density at radius 1 is 1.27 bits per heavy atom. The van der Waals surface area contributed by atoms with Gasteiger partial charge in [-0.05, 0) is 30.5 Å². The van der Waals surface area contributed by atoms with Crippen LogP contribution >= 0.6 is 11.3 Å². The Balaban J connectivity index is 1.27. The third kappa shape index (κ3) is 4.14. The van der Waals surface area contributed by atoms with Gasteiger partial charge >= 0.3 is 6.02 Å². The second kappa shape index (κ2) is 8.31. The van der Waals surface area contributed by atoms with Gasteiger partial charge in [0.15, 0.2) is 0 Å². The van der Waals surface area contributed by atoms with Crippen molar-refractivity contribution >= 4 is 39.7 Å². The number of carbonyl (C=O) groups is 1. The number of hydrogen-bond donors (Lipinski definition) is 1. The van der Waals surface area contributed by atoms with Crippen molar-refractivity contribution in [3.8, 4) is 0 Å². The van der Waals surface area contributed by atoms with Crippen LogP contribution in [0.3, 0.4) is 0 Å². The van der Waals surface area contributed by atoms with Crippen molar-refractivity contribution in [1.29, 1.82) is 0 Å². The molecule has 1 aliphatic heterocycles. The molecule has 33 heavy (non-hydrogen) atoms. The van der Waals surface area contributed by atoms with Gasteiger partial charge in [-0.2, -0.15) is 0 Å². The number of hydrogen-bond acceptors (Lipinski definition) is 8. The molecule has 5 rings (SSSR count). The second-order valence-electron chi connectivity index (χ2n) is 8.82. The Morgan fingerprint density at radius 2 is 2.03 bits per heavy atom. The number of rotatable bonds is 6. The highest BCUT2D eigenvalue weighted by Crippen LogP contribution is 2.55. The predicted octanol–water partition coefficient (Wildman–Crippen LogP) is 3.05. The van der Waals surface area contributed by atoms with Crippen LogP contribution in [0.15, 0.2) is 46.5 Å². The van der Waals surface area contributed by atoms with Crippen LogP contribution in [0.25, 0.3) is 10.2 Å². The van der Waals surface area contributed by atoms with E-state index >= 15 is 0 Å². The van der Waals surface area contributed by atoms with Crippen LogP contribution in [-0.2, 0) is 22.6 Å². The minimum Gasteiger partial charge on any atom is -0.459 e. The van der Waals surface area contributed by atoms with Crippen LogP contribution in [0.5, 0.6) is 0 Å². The number of ether oxygens (including phenoxy) is 1. The molecule has 0 saturated heterocycles. The van der Waals surface area contributed by atoms with E-state index in [-0.39, 0.29) is 17.9 Å². The van der Waals surface area contributed by atoms with Crippen molar-refractivity contribution in [2.45, 2.75) is 38.0 Å². The summed E-state index contributed by atoms with van der Waals surface area (Å²) in [7, 11) is 3.52. The van der Waals surface area contributed by atoms with Crippen molar-refractivity contribution in [2.75, 3.05) is 14.1 Å². The molecule has 1 fully saturated rings. The zero-order valence-corrected chi connectivity index (χ0v) is 19.7. The molecule has 3 aromatic rings. The van der Waals surface area contributed by atoms with Crippen molar-refractivity contribution in [2.24, 2.45) is 21.6 Å². The van der Waals surface area contributed by atoms with Crippen molar-refractivity contribution in [1.82, 2.24) is 14.9 Å². The monoisotopic (exact) mass is 462 g/mol. The van der Waals surface area contributed by atoms with Crippen LogP contribution in [0.2, 0.25) is 0 Å². The van der Waals surface area contributed by atoms with Crippen LogP contribution < -0.4 is 5.73 Å². The SMILES string of the molecule is Cc1nccc2sc(C(N)C34CC3C=NC(OCc3ccc(CC(=O)N(C)C)cc3)=N4)nc12. The first kappa shape index (κ1) is 21.7. The number of likely N-dealkylation sites (N-methyl/N-ethyl adjacent to an activating group) is 1. The normalized spacial score (nSPS) is 21.9. The van der Waals surface area contributed by atoms with Crippen molar-refractivity contribution in [3.63, 3.8) is 0 Å². The maximum Gasteiger partial charge on any atom is 0.312 e. The van der Waals surface area contributed by atoms with E-state index < -0.39 is 5.54 Å². The summed E-state index contributed by atoms with van der Waals surface area (Å²) in [6, 6.07) is 9.83. The zero-order chi connectivity index (χ0) is 23.2. The molecule has 1 aliphatic carbocycles. The number of fused-ring (bicyclic) bond motifs is 2. The van der Waals surface area contributed by atoms with Gasteiger partial charge in [0, 0.05) is 32.4 Å². The summed E-state index contributed by atoms with van der Waals surface area (Å²) < 4.78 is 6.99. The van der Waals surface area contributed by atoms with E-state index in [9.17, 15) is 4.79 Å². The van der Waals surface area contributed by atoms with Gasteiger partial charge in [0.1, 0.15) is 17.1 Å². The molecule has 3 heterocycles. The number of aliphatic imine (C=N–C) groups is 2. The largest absolute Gasteiger partial charge is 0.459 e. The lowest BCUT2D eigenvalue weighted by Crippen LogP contribution is -2.32. The average Bonchev–Trinajstić information content (AvgIpc) is 3.38. The summed E-state index contributed by atoms with van der Waals surface area (Å²) in [5, 5.41) is 0.866. The Kier molecular flexibility index (Phi) is 5.46. The maximum atomic E-state index is 11.9. The Hall–Kier alpha value is -3.17. The molecule has 9 heteroatoms. The first-order valence-corrected chi connectivity index (χ1v) is 11.7. The molecule has 3 unspecified atom stereocenters. The fraction of sp³-hybridized carbons (Fsp3) is 0.375. The fourth-order valence-corrected chi connectivity index (χ4v) is 5.15. The van der Waals surface area contributed by atoms with Gasteiger partial charge in [-0.3, -0.25) is 9.78 Å². The number of amidine groups is 1.